The Kier molecular flexibility index (Phi) is 5.24. The first-order valence-electron chi connectivity index (χ1n) is 5.12. The highest BCUT2D eigenvalue weighted by Crippen LogP contribution is 2.31. The Morgan fingerprint density at radius 2 is 2.00 bits per heavy atom. The number of nitrogens with one attached hydrogen (secondary N) is 1. The highest BCUT2D eigenvalue weighted by molar-refractivity contribution is 6.31. The van der Waals surface area contributed by atoms with Gasteiger partial charge in [0.1, 0.15) is 0 Å². The lowest BCUT2D eigenvalue weighted by atomic mass is 10.1. The normalized spacial score (nSPS) is 11.8. The number of hydrogen-bond donors (Lipinski definition) is 2. The summed E-state index contributed by atoms with van der Waals surface area (Å²) in [6, 6.07) is 3.24. The number of aliphatic hydroxyl groups excluding tert-OH is 1. The lowest BCUT2D eigenvalue weighted by Crippen LogP contribution is -2.16. The lowest BCUT2D eigenvalue weighted by molar-refractivity contribution is -0.137. The molecule has 0 aliphatic carbocycles. The highest BCUT2D eigenvalue weighted by Gasteiger charge is 2.30. The van der Waals surface area contributed by atoms with E-state index in [0.29, 0.717) is 23.6 Å². The van der Waals surface area contributed by atoms with Gasteiger partial charge in [-0.2, -0.15) is 13.2 Å². The third kappa shape index (κ3) is 4.53. The number of hydrogen-bond acceptors (Lipinski definition) is 2. The zero-order valence-electron chi connectivity index (χ0n) is 9.02. The number of aliphatic hydroxyl groups is 1. The zero-order chi connectivity index (χ0) is 12.9. The van der Waals surface area contributed by atoms with Crippen molar-refractivity contribution in [3.63, 3.8) is 0 Å². The molecular weight excluding hydrogens is 255 g/mol. The summed E-state index contributed by atoms with van der Waals surface area (Å²) in [7, 11) is 0. The molecule has 0 atom stereocenters. The minimum absolute atomic E-state index is 0.0450. The first kappa shape index (κ1) is 14.3. The van der Waals surface area contributed by atoms with Crippen LogP contribution < -0.4 is 5.32 Å². The van der Waals surface area contributed by atoms with E-state index >= 15 is 0 Å². The summed E-state index contributed by atoms with van der Waals surface area (Å²) in [5.74, 6) is 0. The fraction of sp³-hybridized carbons (Fsp3) is 0.455. The van der Waals surface area contributed by atoms with E-state index in [4.69, 9.17) is 16.7 Å². The molecule has 0 amide bonds. The van der Waals surface area contributed by atoms with Crippen LogP contribution in [0.3, 0.4) is 0 Å². The molecule has 0 aromatic heterocycles. The van der Waals surface area contributed by atoms with Crippen LogP contribution in [0.15, 0.2) is 18.2 Å². The molecule has 1 aromatic rings. The van der Waals surface area contributed by atoms with Crippen LogP contribution in [0.4, 0.5) is 13.2 Å². The van der Waals surface area contributed by atoms with Crippen LogP contribution >= 0.6 is 11.6 Å². The molecule has 1 rings (SSSR count). The van der Waals surface area contributed by atoms with Gasteiger partial charge in [-0.3, -0.25) is 0 Å². The van der Waals surface area contributed by atoms with E-state index in [1.807, 2.05) is 0 Å². The minimum Gasteiger partial charge on any atom is -0.396 e. The van der Waals surface area contributed by atoms with Gasteiger partial charge in [-0.1, -0.05) is 11.6 Å². The molecule has 2 nitrogen and oxygen atoms in total. The van der Waals surface area contributed by atoms with Gasteiger partial charge in [0.05, 0.1) is 5.56 Å². The third-order valence-corrected chi connectivity index (χ3v) is 2.57. The van der Waals surface area contributed by atoms with E-state index in [9.17, 15) is 13.2 Å². The molecule has 0 fully saturated rings. The smallest absolute Gasteiger partial charge is 0.396 e. The molecule has 0 spiro atoms. The molecule has 1 aromatic carbocycles. The Bertz CT molecular complexity index is 368. The molecule has 6 heteroatoms. The molecule has 96 valence electrons. The molecule has 17 heavy (non-hydrogen) atoms. The van der Waals surface area contributed by atoms with Gasteiger partial charge in [-0.05, 0) is 36.7 Å². The average Bonchev–Trinajstić information content (AvgIpc) is 2.25. The van der Waals surface area contributed by atoms with E-state index in [1.54, 1.807) is 0 Å². The van der Waals surface area contributed by atoms with Gasteiger partial charge in [0.15, 0.2) is 0 Å². The molecule has 0 heterocycles. The number of halogens is 4. The minimum atomic E-state index is -4.36. The molecule has 0 aliphatic heterocycles. The largest absolute Gasteiger partial charge is 0.416 e. The first-order valence-corrected chi connectivity index (χ1v) is 5.50. The summed E-state index contributed by atoms with van der Waals surface area (Å²) in [6.45, 7) is 0.829. The van der Waals surface area contributed by atoms with Gasteiger partial charge in [0.25, 0.3) is 0 Å². The van der Waals surface area contributed by atoms with Crippen LogP contribution in [-0.2, 0) is 12.7 Å². The molecule has 0 radical (unpaired) electrons. The second-order valence-electron chi connectivity index (χ2n) is 3.56. The zero-order valence-corrected chi connectivity index (χ0v) is 9.78. The van der Waals surface area contributed by atoms with Gasteiger partial charge >= 0.3 is 6.18 Å². The Balaban J connectivity index is 2.70. The quantitative estimate of drug-likeness (QED) is 0.804. The summed E-state index contributed by atoms with van der Waals surface area (Å²) in [5.41, 5.74) is -0.305. The van der Waals surface area contributed by atoms with E-state index < -0.39 is 11.7 Å². The molecule has 0 aliphatic rings. The van der Waals surface area contributed by atoms with Crippen LogP contribution in [0.25, 0.3) is 0 Å². The standard InChI is InChI=1S/C11H13ClF3NO/c12-10-3-2-9(11(13,14)15)6-8(10)7-16-4-1-5-17/h2-3,6,16-17H,1,4-5,7H2. The van der Waals surface area contributed by atoms with Crippen LogP contribution in [0.5, 0.6) is 0 Å². The predicted octanol–water partition coefficient (Wildman–Crippen LogP) is 2.83. The molecule has 0 saturated heterocycles. The molecular formula is C11H13ClF3NO. The van der Waals surface area contributed by atoms with E-state index in [-0.39, 0.29) is 13.2 Å². The van der Waals surface area contributed by atoms with E-state index in [1.165, 1.54) is 6.07 Å². The summed E-state index contributed by atoms with van der Waals surface area (Å²) < 4.78 is 37.3. The molecule has 2 N–H and O–H groups in total. The maximum absolute atomic E-state index is 12.4. The SMILES string of the molecule is OCCCNCc1cc(C(F)(F)F)ccc1Cl. The van der Waals surface area contributed by atoms with Gasteiger partial charge in [0.2, 0.25) is 0 Å². The highest BCUT2D eigenvalue weighted by atomic mass is 35.5. The van der Waals surface area contributed by atoms with Crippen molar-refractivity contribution in [1.29, 1.82) is 0 Å². The summed E-state index contributed by atoms with van der Waals surface area (Å²) >= 11 is 5.80. The topological polar surface area (TPSA) is 32.3 Å². The van der Waals surface area contributed by atoms with Crippen molar-refractivity contribution in [1.82, 2.24) is 5.32 Å². The average molecular weight is 268 g/mol. The van der Waals surface area contributed by atoms with Crippen LogP contribution in [0.2, 0.25) is 5.02 Å². The van der Waals surface area contributed by atoms with E-state index in [2.05, 4.69) is 5.32 Å². The third-order valence-electron chi connectivity index (χ3n) is 2.20. The van der Waals surface area contributed by atoms with Gasteiger partial charge < -0.3 is 10.4 Å². The van der Waals surface area contributed by atoms with Crippen LogP contribution in [0, 0.1) is 0 Å². The van der Waals surface area contributed by atoms with Crippen molar-refractivity contribution in [2.75, 3.05) is 13.2 Å². The van der Waals surface area contributed by atoms with Crippen molar-refractivity contribution in [2.24, 2.45) is 0 Å². The van der Waals surface area contributed by atoms with Gasteiger partial charge in [-0.15, -0.1) is 0 Å². The number of benzene rings is 1. The van der Waals surface area contributed by atoms with Crippen LogP contribution in [-0.4, -0.2) is 18.3 Å². The Morgan fingerprint density at radius 1 is 1.29 bits per heavy atom. The maximum atomic E-state index is 12.4. The Labute approximate surface area is 102 Å². The fourth-order valence-corrected chi connectivity index (χ4v) is 1.50. The van der Waals surface area contributed by atoms with Crippen molar-refractivity contribution in [3.8, 4) is 0 Å². The van der Waals surface area contributed by atoms with E-state index in [0.717, 1.165) is 12.1 Å². The van der Waals surface area contributed by atoms with Crippen molar-refractivity contribution < 1.29 is 18.3 Å². The maximum Gasteiger partial charge on any atom is 0.416 e. The fourth-order valence-electron chi connectivity index (χ4n) is 1.31. The molecule has 0 unspecified atom stereocenters. The Morgan fingerprint density at radius 3 is 2.59 bits per heavy atom. The number of alkyl halides is 3. The summed E-state index contributed by atoms with van der Waals surface area (Å²) in [5, 5.41) is 11.8. The van der Waals surface area contributed by atoms with Crippen molar-refractivity contribution in [3.05, 3.63) is 34.3 Å². The Hall–Kier alpha value is -0.780. The van der Waals surface area contributed by atoms with Gasteiger partial charge in [0, 0.05) is 18.2 Å². The predicted molar refractivity (Wildman–Crippen MR) is 59.9 cm³/mol. The monoisotopic (exact) mass is 267 g/mol. The summed E-state index contributed by atoms with van der Waals surface area (Å²) in [6.07, 6.45) is -3.80. The second-order valence-corrected chi connectivity index (χ2v) is 3.97. The number of rotatable bonds is 5. The van der Waals surface area contributed by atoms with Crippen molar-refractivity contribution in [2.45, 2.75) is 19.1 Å². The van der Waals surface area contributed by atoms with Gasteiger partial charge in [-0.25, -0.2) is 0 Å². The second kappa shape index (κ2) is 6.23. The van der Waals surface area contributed by atoms with Crippen molar-refractivity contribution >= 4 is 11.6 Å². The summed E-state index contributed by atoms with van der Waals surface area (Å²) in [4.78, 5) is 0. The first-order chi connectivity index (χ1) is 7.95. The molecule has 0 bridgehead atoms. The lowest BCUT2D eigenvalue weighted by Gasteiger charge is -2.11. The van der Waals surface area contributed by atoms with Crippen LogP contribution in [0.1, 0.15) is 17.5 Å². The molecule has 0 saturated carbocycles.